The van der Waals surface area contributed by atoms with E-state index >= 15 is 0 Å². The summed E-state index contributed by atoms with van der Waals surface area (Å²) in [5, 5.41) is 12.6. The number of amides is 1. The van der Waals surface area contributed by atoms with E-state index in [1.165, 1.54) is 26.2 Å². The number of hydrogen-bond acceptors (Lipinski definition) is 7. The Hall–Kier alpha value is -1.89. The van der Waals surface area contributed by atoms with Gasteiger partial charge < -0.3 is 24.2 Å². The minimum Gasteiger partial charge on any atom is -0.507 e. The molecule has 2 N–H and O–H groups in total. The third-order valence-electron chi connectivity index (χ3n) is 3.24. The minimum absolute atomic E-state index is 0.0140. The molecule has 0 aliphatic carbocycles. The lowest BCUT2D eigenvalue weighted by molar-refractivity contribution is -0.144. The predicted molar refractivity (Wildman–Crippen MR) is 91.9 cm³/mol. The number of ether oxygens (including phenoxy) is 1. The van der Waals surface area contributed by atoms with E-state index in [1.807, 2.05) is 0 Å². The zero-order valence-corrected chi connectivity index (χ0v) is 15.7. The fourth-order valence-corrected chi connectivity index (χ4v) is 3.96. The third kappa shape index (κ3) is 5.85. The Bertz CT molecular complexity index is 652. The zero-order valence-electron chi connectivity index (χ0n) is 14.8. The summed E-state index contributed by atoms with van der Waals surface area (Å²) >= 11 is 0. The van der Waals surface area contributed by atoms with Crippen molar-refractivity contribution >= 4 is 24.8 Å². The van der Waals surface area contributed by atoms with Gasteiger partial charge >= 0.3 is 13.6 Å². The zero-order chi connectivity index (χ0) is 19.0. The number of hydrogen-bond donors (Lipinski definition) is 2. The van der Waals surface area contributed by atoms with E-state index in [0.717, 1.165) is 0 Å². The van der Waals surface area contributed by atoms with Crippen molar-refractivity contribution in [2.24, 2.45) is 0 Å². The van der Waals surface area contributed by atoms with Crippen LogP contribution in [0.3, 0.4) is 0 Å². The van der Waals surface area contributed by atoms with Crippen LogP contribution in [0.25, 0.3) is 0 Å². The minimum atomic E-state index is -3.69. The van der Waals surface area contributed by atoms with Crippen LogP contribution >= 0.6 is 7.60 Å². The average molecular weight is 373 g/mol. The maximum Gasteiger partial charge on any atom is 0.365 e. The van der Waals surface area contributed by atoms with Gasteiger partial charge in [0.15, 0.2) is 0 Å². The molecule has 1 rings (SSSR count). The SMILES string of the molecule is CCOP(=O)(OCC)c1cc(CC(NC(C)=O)C(=O)OC)ccc1O. The Kier molecular flexibility index (Phi) is 8.09. The first kappa shape index (κ1) is 21.2. The fraction of sp³-hybridized carbons (Fsp3) is 0.500. The lowest BCUT2D eigenvalue weighted by Crippen LogP contribution is -2.42. The summed E-state index contributed by atoms with van der Waals surface area (Å²) in [7, 11) is -2.47. The standard InChI is InChI=1S/C16H24NO7P/c1-5-23-25(21,24-6-2)15-10-12(7-8-14(15)19)9-13(16(20)22-4)17-11(3)18/h7-8,10,13,19H,5-6,9H2,1-4H3,(H,17,18). The molecule has 0 aliphatic heterocycles. The molecule has 0 aromatic heterocycles. The van der Waals surface area contributed by atoms with Gasteiger partial charge in [-0.1, -0.05) is 6.07 Å². The van der Waals surface area contributed by atoms with Crippen LogP contribution in [0.4, 0.5) is 0 Å². The second-order valence-corrected chi connectivity index (χ2v) is 7.13. The molecule has 1 aromatic rings. The summed E-state index contributed by atoms with van der Waals surface area (Å²) in [5.41, 5.74) is 0.552. The van der Waals surface area contributed by atoms with Crippen LogP contribution in [0.1, 0.15) is 26.3 Å². The van der Waals surface area contributed by atoms with Gasteiger partial charge in [0.1, 0.15) is 17.1 Å². The molecular weight excluding hydrogens is 349 g/mol. The van der Waals surface area contributed by atoms with Crippen molar-refractivity contribution in [2.75, 3.05) is 20.3 Å². The number of esters is 1. The Morgan fingerprint density at radius 1 is 1.24 bits per heavy atom. The van der Waals surface area contributed by atoms with Crippen molar-refractivity contribution in [3.63, 3.8) is 0 Å². The maximum absolute atomic E-state index is 12.9. The van der Waals surface area contributed by atoms with Crippen LogP contribution in [-0.2, 0) is 34.4 Å². The normalized spacial score (nSPS) is 12.5. The van der Waals surface area contributed by atoms with E-state index in [-0.39, 0.29) is 36.6 Å². The van der Waals surface area contributed by atoms with Crippen molar-refractivity contribution in [1.82, 2.24) is 5.32 Å². The summed E-state index contributed by atoms with van der Waals surface area (Å²) in [5.74, 6) is -1.23. The van der Waals surface area contributed by atoms with Crippen LogP contribution < -0.4 is 10.6 Å². The molecule has 1 amide bonds. The summed E-state index contributed by atoms with van der Waals surface area (Å²) in [6.07, 6.45) is 0.0950. The highest BCUT2D eigenvalue weighted by Gasteiger charge is 2.31. The molecule has 0 aliphatic rings. The molecule has 25 heavy (non-hydrogen) atoms. The molecule has 0 heterocycles. The molecule has 1 aromatic carbocycles. The first-order chi connectivity index (χ1) is 11.8. The molecule has 0 saturated carbocycles. The lowest BCUT2D eigenvalue weighted by Gasteiger charge is -2.20. The highest BCUT2D eigenvalue weighted by atomic mass is 31.2. The van der Waals surface area contributed by atoms with Crippen LogP contribution in [0.2, 0.25) is 0 Å². The number of aromatic hydroxyl groups is 1. The highest BCUT2D eigenvalue weighted by molar-refractivity contribution is 7.62. The first-order valence-electron chi connectivity index (χ1n) is 7.83. The van der Waals surface area contributed by atoms with Crippen LogP contribution in [0, 0.1) is 0 Å². The lowest BCUT2D eigenvalue weighted by atomic mass is 10.1. The molecular formula is C16H24NO7P. The number of carbonyl (C=O) groups is 2. The van der Waals surface area contributed by atoms with Crippen LogP contribution in [-0.4, -0.2) is 43.3 Å². The second-order valence-electron chi connectivity index (χ2n) is 5.14. The van der Waals surface area contributed by atoms with Gasteiger partial charge in [0.25, 0.3) is 0 Å². The number of phenols is 1. The topological polar surface area (TPSA) is 111 Å². The molecule has 9 heteroatoms. The number of benzene rings is 1. The summed E-state index contributed by atoms with van der Waals surface area (Å²) < 4.78 is 28.0. The van der Waals surface area contributed by atoms with Crippen molar-refractivity contribution < 1.29 is 33.0 Å². The van der Waals surface area contributed by atoms with Crippen molar-refractivity contribution in [3.8, 4) is 5.75 Å². The molecule has 8 nitrogen and oxygen atoms in total. The van der Waals surface area contributed by atoms with E-state index in [1.54, 1.807) is 19.9 Å². The molecule has 0 saturated heterocycles. The van der Waals surface area contributed by atoms with Gasteiger partial charge in [0, 0.05) is 13.3 Å². The van der Waals surface area contributed by atoms with E-state index in [2.05, 4.69) is 10.1 Å². The van der Waals surface area contributed by atoms with Gasteiger partial charge in [-0.2, -0.15) is 0 Å². The Balaban J connectivity index is 3.20. The largest absolute Gasteiger partial charge is 0.507 e. The Labute approximate surface area is 147 Å². The second kappa shape index (κ2) is 9.56. The number of methoxy groups -OCH3 is 1. The molecule has 0 radical (unpaired) electrons. The van der Waals surface area contributed by atoms with Crippen LogP contribution in [0.5, 0.6) is 5.75 Å². The van der Waals surface area contributed by atoms with Gasteiger partial charge in [-0.3, -0.25) is 9.36 Å². The number of phenolic OH excluding ortho intramolecular Hbond substituents is 1. The monoisotopic (exact) mass is 373 g/mol. The molecule has 1 atom stereocenters. The van der Waals surface area contributed by atoms with E-state index in [4.69, 9.17) is 9.05 Å². The Morgan fingerprint density at radius 2 is 1.84 bits per heavy atom. The van der Waals surface area contributed by atoms with E-state index in [9.17, 15) is 19.3 Å². The Morgan fingerprint density at radius 3 is 2.32 bits per heavy atom. The van der Waals surface area contributed by atoms with Crippen molar-refractivity contribution in [3.05, 3.63) is 23.8 Å². The number of carbonyl (C=O) groups excluding carboxylic acids is 2. The van der Waals surface area contributed by atoms with Crippen molar-refractivity contribution in [1.29, 1.82) is 0 Å². The van der Waals surface area contributed by atoms with Crippen molar-refractivity contribution in [2.45, 2.75) is 33.2 Å². The predicted octanol–water partition coefficient (Wildman–Crippen LogP) is 1.50. The molecule has 0 bridgehead atoms. The highest BCUT2D eigenvalue weighted by Crippen LogP contribution is 2.49. The average Bonchev–Trinajstić information content (AvgIpc) is 2.55. The van der Waals surface area contributed by atoms with Gasteiger partial charge in [-0.15, -0.1) is 0 Å². The van der Waals surface area contributed by atoms with Gasteiger partial charge in [0.2, 0.25) is 5.91 Å². The summed E-state index contributed by atoms with van der Waals surface area (Å²) in [6.45, 7) is 4.89. The smallest absolute Gasteiger partial charge is 0.365 e. The van der Waals surface area contributed by atoms with Crippen LogP contribution in [0.15, 0.2) is 18.2 Å². The van der Waals surface area contributed by atoms with Gasteiger partial charge in [0.05, 0.1) is 20.3 Å². The van der Waals surface area contributed by atoms with E-state index < -0.39 is 19.6 Å². The summed E-state index contributed by atoms with van der Waals surface area (Å²) in [4.78, 5) is 23.1. The molecule has 1 unspecified atom stereocenters. The fourth-order valence-electron chi connectivity index (χ4n) is 2.25. The number of nitrogens with one attached hydrogen (secondary N) is 1. The molecule has 0 fully saturated rings. The number of rotatable bonds is 9. The third-order valence-corrected chi connectivity index (χ3v) is 5.38. The molecule has 140 valence electrons. The quantitative estimate of drug-likeness (QED) is 0.498. The first-order valence-corrected chi connectivity index (χ1v) is 9.38. The van der Waals surface area contributed by atoms with Gasteiger partial charge in [-0.25, -0.2) is 4.79 Å². The summed E-state index contributed by atoms with van der Waals surface area (Å²) in [6, 6.07) is 3.44. The van der Waals surface area contributed by atoms with E-state index in [0.29, 0.717) is 5.56 Å². The molecule has 0 spiro atoms. The maximum atomic E-state index is 12.9. The van der Waals surface area contributed by atoms with Gasteiger partial charge in [-0.05, 0) is 31.5 Å².